The SMILES string of the molecule is O=C(NC1CC=CC1)NC(Cc1ccccc1)(c1cc(F)cc(C(F)(F)F)c1)c1ccc(Cl)cn1. The molecule has 1 unspecified atom stereocenters. The normalized spacial score (nSPS) is 15.6. The number of pyridine rings is 1. The number of amides is 2. The summed E-state index contributed by atoms with van der Waals surface area (Å²) in [5.41, 5.74) is -1.98. The number of rotatable bonds is 6. The topological polar surface area (TPSA) is 54.0 Å². The molecule has 1 aliphatic carbocycles. The van der Waals surface area contributed by atoms with E-state index in [0.717, 1.165) is 12.1 Å². The van der Waals surface area contributed by atoms with Crippen LogP contribution in [0, 0.1) is 5.82 Å². The molecule has 4 rings (SSSR count). The van der Waals surface area contributed by atoms with Crippen LogP contribution in [0.3, 0.4) is 0 Å². The van der Waals surface area contributed by atoms with Gasteiger partial charge in [-0.1, -0.05) is 54.1 Å². The van der Waals surface area contributed by atoms with Crippen molar-refractivity contribution < 1.29 is 22.4 Å². The minimum absolute atomic E-state index is 0.0135. The van der Waals surface area contributed by atoms with Gasteiger partial charge < -0.3 is 10.6 Å². The Kier molecular flexibility index (Phi) is 7.12. The van der Waals surface area contributed by atoms with Crippen LogP contribution in [0.15, 0.2) is 79.0 Å². The molecule has 1 aliphatic rings. The van der Waals surface area contributed by atoms with Gasteiger partial charge in [0.1, 0.15) is 11.4 Å². The van der Waals surface area contributed by atoms with Gasteiger partial charge in [-0.05, 0) is 54.3 Å². The second-order valence-electron chi connectivity index (χ2n) is 8.39. The Morgan fingerprint density at radius 1 is 1.00 bits per heavy atom. The molecule has 0 bridgehead atoms. The number of urea groups is 1. The Hall–Kier alpha value is -3.39. The first-order valence-electron chi connectivity index (χ1n) is 10.9. The summed E-state index contributed by atoms with van der Waals surface area (Å²) in [5.74, 6) is -1.08. The fourth-order valence-corrected chi connectivity index (χ4v) is 4.31. The largest absolute Gasteiger partial charge is 0.416 e. The van der Waals surface area contributed by atoms with Crippen LogP contribution in [0.5, 0.6) is 0 Å². The van der Waals surface area contributed by atoms with Gasteiger partial charge in [0.15, 0.2) is 0 Å². The number of hydrogen-bond donors (Lipinski definition) is 2. The first-order chi connectivity index (χ1) is 16.7. The Morgan fingerprint density at radius 2 is 1.69 bits per heavy atom. The molecular formula is C26H22ClF4N3O. The van der Waals surface area contributed by atoms with Crippen molar-refractivity contribution in [2.24, 2.45) is 0 Å². The lowest BCUT2D eigenvalue weighted by atomic mass is 9.79. The van der Waals surface area contributed by atoms with E-state index in [4.69, 9.17) is 11.6 Å². The predicted octanol–water partition coefficient (Wildman–Crippen LogP) is 6.40. The predicted molar refractivity (Wildman–Crippen MR) is 125 cm³/mol. The Balaban J connectivity index is 1.89. The van der Waals surface area contributed by atoms with Gasteiger partial charge >= 0.3 is 12.2 Å². The van der Waals surface area contributed by atoms with Gasteiger partial charge in [-0.2, -0.15) is 13.2 Å². The third kappa shape index (κ3) is 5.82. The van der Waals surface area contributed by atoms with Crippen molar-refractivity contribution >= 4 is 17.6 Å². The summed E-state index contributed by atoms with van der Waals surface area (Å²) in [6.07, 6.45) is 1.70. The van der Waals surface area contributed by atoms with Crippen LogP contribution in [0.2, 0.25) is 5.02 Å². The molecule has 35 heavy (non-hydrogen) atoms. The molecule has 1 heterocycles. The van der Waals surface area contributed by atoms with Crippen molar-refractivity contribution in [2.45, 2.75) is 37.0 Å². The highest BCUT2D eigenvalue weighted by Gasteiger charge is 2.41. The number of nitrogens with one attached hydrogen (secondary N) is 2. The van der Waals surface area contributed by atoms with Crippen LogP contribution in [0.25, 0.3) is 0 Å². The fraction of sp³-hybridized carbons (Fsp3) is 0.231. The molecule has 9 heteroatoms. The van der Waals surface area contributed by atoms with E-state index >= 15 is 0 Å². The summed E-state index contributed by atoms with van der Waals surface area (Å²) >= 11 is 6.02. The van der Waals surface area contributed by atoms with Crippen LogP contribution in [0.1, 0.15) is 35.2 Å². The number of nitrogens with zero attached hydrogens (tertiary/aromatic N) is 1. The maximum Gasteiger partial charge on any atom is 0.416 e. The monoisotopic (exact) mass is 503 g/mol. The summed E-state index contributed by atoms with van der Waals surface area (Å²) in [5, 5.41) is 6.00. The van der Waals surface area contributed by atoms with Crippen molar-refractivity contribution in [1.82, 2.24) is 15.6 Å². The maximum atomic E-state index is 14.6. The standard InChI is InChI=1S/C26H22ClF4N3O/c27-20-10-11-23(32-16-20)25(15-17-6-2-1-3-7-17,34-24(35)33-22-8-4-5-9-22)18-12-19(26(29,30)31)14-21(28)13-18/h1-7,10-14,16,22H,8-9,15H2,(H2,33,34,35). The average molecular weight is 504 g/mol. The highest BCUT2D eigenvalue weighted by Crippen LogP contribution is 2.38. The van der Waals surface area contributed by atoms with Crippen molar-refractivity contribution in [3.8, 4) is 0 Å². The molecule has 2 aromatic carbocycles. The highest BCUT2D eigenvalue weighted by atomic mass is 35.5. The van der Waals surface area contributed by atoms with Crippen LogP contribution in [-0.4, -0.2) is 17.1 Å². The first kappa shape index (κ1) is 24.7. The molecule has 1 aromatic heterocycles. The molecule has 2 amide bonds. The zero-order valence-corrected chi connectivity index (χ0v) is 19.2. The van der Waals surface area contributed by atoms with Crippen LogP contribution >= 0.6 is 11.6 Å². The van der Waals surface area contributed by atoms with Crippen LogP contribution < -0.4 is 10.6 Å². The van der Waals surface area contributed by atoms with Crippen molar-refractivity contribution in [3.63, 3.8) is 0 Å². The van der Waals surface area contributed by atoms with E-state index in [0.29, 0.717) is 29.5 Å². The smallest absolute Gasteiger partial charge is 0.335 e. The van der Waals surface area contributed by atoms with Gasteiger partial charge in [0.05, 0.1) is 16.3 Å². The molecule has 3 aromatic rings. The van der Waals surface area contributed by atoms with Gasteiger partial charge in [-0.15, -0.1) is 0 Å². The molecule has 2 N–H and O–H groups in total. The molecule has 0 aliphatic heterocycles. The van der Waals surface area contributed by atoms with Crippen molar-refractivity contribution in [2.75, 3.05) is 0 Å². The van der Waals surface area contributed by atoms with E-state index < -0.39 is 29.1 Å². The molecule has 0 spiro atoms. The number of aromatic nitrogens is 1. The molecule has 0 radical (unpaired) electrons. The second kappa shape index (κ2) is 10.1. The Bertz CT molecular complexity index is 1210. The lowest BCUT2D eigenvalue weighted by molar-refractivity contribution is -0.137. The number of carbonyl (C=O) groups is 1. The van der Waals surface area contributed by atoms with Gasteiger partial charge in [0.25, 0.3) is 0 Å². The molecule has 0 saturated heterocycles. The van der Waals surface area contributed by atoms with Crippen molar-refractivity contribution in [1.29, 1.82) is 0 Å². The van der Waals surface area contributed by atoms with Crippen LogP contribution in [-0.2, 0) is 18.1 Å². The summed E-state index contributed by atoms with van der Waals surface area (Å²) < 4.78 is 55.5. The number of alkyl halides is 3. The average Bonchev–Trinajstić information content (AvgIpc) is 3.31. The van der Waals surface area contributed by atoms with Gasteiger partial charge in [0, 0.05) is 18.7 Å². The molecule has 4 nitrogen and oxygen atoms in total. The number of carbonyl (C=O) groups excluding carboxylic acids is 1. The van der Waals surface area contributed by atoms with E-state index in [1.165, 1.54) is 18.3 Å². The van der Waals surface area contributed by atoms with E-state index in [2.05, 4.69) is 15.6 Å². The summed E-state index contributed by atoms with van der Waals surface area (Å²) in [6.45, 7) is 0. The minimum Gasteiger partial charge on any atom is -0.335 e. The fourth-order valence-electron chi connectivity index (χ4n) is 4.20. The van der Waals surface area contributed by atoms with E-state index in [1.54, 1.807) is 30.3 Å². The van der Waals surface area contributed by atoms with Crippen LogP contribution in [0.4, 0.5) is 22.4 Å². The van der Waals surface area contributed by atoms with Gasteiger partial charge in [0.2, 0.25) is 0 Å². The lowest BCUT2D eigenvalue weighted by Crippen LogP contribution is -2.54. The van der Waals surface area contributed by atoms with Crippen molar-refractivity contribution in [3.05, 3.63) is 112 Å². The number of benzene rings is 2. The summed E-state index contributed by atoms with van der Waals surface area (Å²) in [6, 6.07) is 13.4. The molecule has 1 atom stereocenters. The molecule has 0 saturated carbocycles. The second-order valence-corrected chi connectivity index (χ2v) is 8.83. The van der Waals surface area contributed by atoms with Gasteiger partial charge in [-0.3, -0.25) is 4.98 Å². The third-order valence-corrected chi connectivity index (χ3v) is 6.09. The minimum atomic E-state index is -4.79. The van der Waals surface area contributed by atoms with E-state index in [-0.39, 0.29) is 23.7 Å². The zero-order chi connectivity index (χ0) is 25.1. The summed E-state index contributed by atoms with van der Waals surface area (Å²) in [7, 11) is 0. The highest BCUT2D eigenvalue weighted by molar-refractivity contribution is 6.30. The maximum absolute atomic E-state index is 14.6. The third-order valence-electron chi connectivity index (χ3n) is 5.86. The van der Waals surface area contributed by atoms with Gasteiger partial charge in [-0.25, -0.2) is 9.18 Å². The quantitative estimate of drug-likeness (QED) is 0.302. The zero-order valence-electron chi connectivity index (χ0n) is 18.4. The summed E-state index contributed by atoms with van der Waals surface area (Å²) in [4.78, 5) is 17.5. The molecular weight excluding hydrogens is 482 g/mol. The Labute approximate surface area is 205 Å². The van der Waals surface area contributed by atoms with E-state index in [9.17, 15) is 22.4 Å². The molecule has 182 valence electrons. The molecule has 0 fully saturated rings. The first-order valence-corrected chi connectivity index (χ1v) is 11.3. The lowest BCUT2D eigenvalue weighted by Gasteiger charge is -2.36. The number of halogens is 5. The number of hydrogen-bond acceptors (Lipinski definition) is 2. The van der Waals surface area contributed by atoms with E-state index in [1.807, 2.05) is 12.2 Å². The Morgan fingerprint density at radius 3 is 2.31 bits per heavy atom.